The minimum atomic E-state index is -0.373. The minimum absolute atomic E-state index is 0.144. The van der Waals surface area contributed by atoms with Crippen LogP contribution in [0.2, 0.25) is 0 Å². The molecule has 2 heterocycles. The van der Waals surface area contributed by atoms with Crippen LogP contribution in [0.3, 0.4) is 0 Å². The molecule has 1 aliphatic carbocycles. The highest BCUT2D eigenvalue weighted by atomic mass is 16.2. The molecule has 2 aromatic rings. The van der Waals surface area contributed by atoms with Crippen LogP contribution in [0.4, 0.5) is 0 Å². The lowest BCUT2D eigenvalue weighted by Crippen LogP contribution is -2.35. The van der Waals surface area contributed by atoms with Gasteiger partial charge < -0.3 is 10.3 Å². The van der Waals surface area contributed by atoms with E-state index in [1.807, 2.05) is 13.8 Å². The Morgan fingerprint density at radius 3 is 2.59 bits per heavy atom. The van der Waals surface area contributed by atoms with Crippen LogP contribution in [-0.2, 0) is 0 Å². The van der Waals surface area contributed by atoms with E-state index in [-0.39, 0.29) is 29.0 Å². The summed E-state index contributed by atoms with van der Waals surface area (Å²) in [5.41, 5.74) is 0.701. The molecule has 1 aliphatic rings. The zero-order chi connectivity index (χ0) is 19.2. The molecule has 0 saturated heterocycles. The lowest BCUT2D eigenvalue weighted by atomic mass is 9.84. The Hall–Kier alpha value is -2.50. The van der Waals surface area contributed by atoms with Gasteiger partial charge in [0, 0.05) is 18.6 Å². The largest absolute Gasteiger partial charge is 0.342 e. The number of rotatable bonds is 6. The molecule has 0 bridgehead atoms. The second-order valence-corrected chi connectivity index (χ2v) is 7.70. The van der Waals surface area contributed by atoms with Gasteiger partial charge in [-0.15, -0.1) is 0 Å². The maximum atomic E-state index is 12.9. The predicted molar refractivity (Wildman–Crippen MR) is 105 cm³/mol. The third-order valence-corrected chi connectivity index (χ3v) is 5.33. The van der Waals surface area contributed by atoms with Crippen LogP contribution >= 0.6 is 0 Å². The Bertz CT molecular complexity index is 810. The van der Waals surface area contributed by atoms with Crippen molar-refractivity contribution in [2.75, 3.05) is 0 Å². The maximum absolute atomic E-state index is 12.9. The fourth-order valence-corrected chi connectivity index (χ4v) is 3.71. The molecule has 6 nitrogen and oxygen atoms in total. The SMILES string of the molecule is CC(C)c1c[nH]c(=O)c(C(=O)NC(CC2CCCCC2)c2ncccn2)c1. The van der Waals surface area contributed by atoms with Crippen LogP contribution in [0.15, 0.2) is 35.5 Å². The number of nitrogens with one attached hydrogen (secondary N) is 2. The Morgan fingerprint density at radius 2 is 1.93 bits per heavy atom. The first-order valence-corrected chi connectivity index (χ1v) is 9.85. The van der Waals surface area contributed by atoms with Crippen LogP contribution < -0.4 is 10.9 Å². The number of carbonyl (C=O) groups is 1. The summed E-state index contributed by atoms with van der Waals surface area (Å²) in [6.07, 6.45) is 11.9. The number of nitrogens with zero attached hydrogens (tertiary/aromatic N) is 2. The van der Waals surface area contributed by atoms with Gasteiger partial charge in [-0.25, -0.2) is 9.97 Å². The van der Waals surface area contributed by atoms with E-state index in [2.05, 4.69) is 20.3 Å². The molecule has 3 rings (SSSR count). The highest BCUT2D eigenvalue weighted by Crippen LogP contribution is 2.31. The van der Waals surface area contributed by atoms with E-state index in [1.54, 1.807) is 30.7 Å². The Labute approximate surface area is 159 Å². The van der Waals surface area contributed by atoms with Crippen molar-refractivity contribution in [1.29, 1.82) is 0 Å². The van der Waals surface area contributed by atoms with Crippen molar-refractivity contribution in [3.8, 4) is 0 Å². The fourth-order valence-electron chi connectivity index (χ4n) is 3.71. The molecule has 144 valence electrons. The van der Waals surface area contributed by atoms with Gasteiger partial charge in [0.25, 0.3) is 11.5 Å². The van der Waals surface area contributed by atoms with Crippen molar-refractivity contribution in [2.24, 2.45) is 5.92 Å². The van der Waals surface area contributed by atoms with Crippen molar-refractivity contribution in [3.05, 3.63) is 58.0 Å². The van der Waals surface area contributed by atoms with E-state index in [1.165, 1.54) is 32.1 Å². The zero-order valence-electron chi connectivity index (χ0n) is 16.1. The summed E-state index contributed by atoms with van der Waals surface area (Å²) in [6.45, 7) is 4.05. The van der Waals surface area contributed by atoms with Crippen LogP contribution in [0.1, 0.15) is 86.1 Å². The summed E-state index contributed by atoms with van der Waals surface area (Å²) in [6, 6.07) is 3.16. The van der Waals surface area contributed by atoms with E-state index in [0.717, 1.165) is 12.0 Å². The van der Waals surface area contributed by atoms with Gasteiger partial charge in [0.2, 0.25) is 0 Å². The summed E-state index contributed by atoms with van der Waals surface area (Å²) < 4.78 is 0. The number of pyridine rings is 1. The lowest BCUT2D eigenvalue weighted by Gasteiger charge is -2.26. The van der Waals surface area contributed by atoms with Gasteiger partial charge >= 0.3 is 0 Å². The first kappa shape index (κ1) is 19.3. The molecule has 1 amide bonds. The van der Waals surface area contributed by atoms with Crippen LogP contribution in [0.25, 0.3) is 0 Å². The quantitative estimate of drug-likeness (QED) is 0.813. The maximum Gasteiger partial charge on any atom is 0.260 e. The summed E-state index contributed by atoms with van der Waals surface area (Å²) in [4.78, 5) is 36.4. The molecule has 1 unspecified atom stereocenters. The number of aromatic amines is 1. The van der Waals surface area contributed by atoms with Crippen LogP contribution in [0.5, 0.6) is 0 Å². The van der Waals surface area contributed by atoms with Gasteiger partial charge in [-0.05, 0) is 36.0 Å². The van der Waals surface area contributed by atoms with E-state index in [0.29, 0.717) is 11.7 Å². The first-order chi connectivity index (χ1) is 13.0. The number of hydrogen-bond donors (Lipinski definition) is 2. The molecule has 0 radical (unpaired) electrons. The highest BCUT2D eigenvalue weighted by molar-refractivity contribution is 5.94. The van der Waals surface area contributed by atoms with Gasteiger partial charge in [0.05, 0.1) is 6.04 Å². The monoisotopic (exact) mass is 368 g/mol. The normalized spacial score (nSPS) is 16.3. The van der Waals surface area contributed by atoms with Gasteiger partial charge in [-0.1, -0.05) is 46.0 Å². The number of hydrogen-bond acceptors (Lipinski definition) is 4. The van der Waals surface area contributed by atoms with Gasteiger partial charge in [0.15, 0.2) is 0 Å². The van der Waals surface area contributed by atoms with Crippen molar-refractivity contribution >= 4 is 5.91 Å². The lowest BCUT2D eigenvalue weighted by molar-refractivity contribution is 0.0924. The molecule has 2 N–H and O–H groups in total. The summed E-state index contributed by atoms with van der Waals surface area (Å²) in [7, 11) is 0. The third-order valence-electron chi connectivity index (χ3n) is 5.33. The number of amides is 1. The highest BCUT2D eigenvalue weighted by Gasteiger charge is 2.25. The number of aromatic nitrogens is 3. The number of H-pyrrole nitrogens is 1. The van der Waals surface area contributed by atoms with E-state index < -0.39 is 0 Å². The molecule has 0 spiro atoms. The molecule has 0 aliphatic heterocycles. The molecular formula is C21H28N4O2. The zero-order valence-corrected chi connectivity index (χ0v) is 16.1. The van der Waals surface area contributed by atoms with Crippen molar-refractivity contribution in [3.63, 3.8) is 0 Å². The van der Waals surface area contributed by atoms with Gasteiger partial charge in [-0.3, -0.25) is 9.59 Å². The van der Waals surface area contributed by atoms with Crippen LogP contribution in [0, 0.1) is 5.92 Å². The average molecular weight is 368 g/mol. The van der Waals surface area contributed by atoms with E-state index >= 15 is 0 Å². The molecule has 27 heavy (non-hydrogen) atoms. The average Bonchev–Trinajstić information content (AvgIpc) is 2.69. The molecule has 0 aromatic carbocycles. The number of carbonyl (C=O) groups excluding carboxylic acids is 1. The van der Waals surface area contributed by atoms with E-state index in [4.69, 9.17) is 0 Å². The Balaban J connectivity index is 1.82. The van der Waals surface area contributed by atoms with Gasteiger partial charge in [0.1, 0.15) is 11.4 Å². The second kappa shape index (κ2) is 8.93. The fraction of sp³-hybridized carbons (Fsp3) is 0.524. The standard InChI is InChI=1S/C21H28N4O2/c1-14(2)16-12-17(20(26)24-13-16)21(27)25-18(19-22-9-6-10-23-19)11-15-7-4-3-5-8-15/h6,9-10,12-15,18H,3-5,7-8,11H2,1-2H3,(H,24,26)(H,25,27). The minimum Gasteiger partial charge on any atom is -0.342 e. The summed E-state index contributed by atoms with van der Waals surface area (Å²) in [5.74, 6) is 1.01. The topological polar surface area (TPSA) is 87.7 Å². The third kappa shape index (κ3) is 5.02. The molecule has 1 atom stereocenters. The second-order valence-electron chi connectivity index (χ2n) is 7.70. The predicted octanol–water partition coefficient (Wildman–Crippen LogP) is 3.73. The van der Waals surface area contributed by atoms with Gasteiger partial charge in [-0.2, -0.15) is 0 Å². The Kier molecular flexibility index (Phi) is 6.37. The summed E-state index contributed by atoms with van der Waals surface area (Å²) in [5, 5.41) is 3.02. The molecule has 1 saturated carbocycles. The molecule has 2 aromatic heterocycles. The molecule has 1 fully saturated rings. The molecular weight excluding hydrogens is 340 g/mol. The molecule has 6 heteroatoms. The van der Waals surface area contributed by atoms with Crippen molar-refractivity contribution in [2.45, 2.75) is 64.3 Å². The summed E-state index contributed by atoms with van der Waals surface area (Å²) >= 11 is 0. The Morgan fingerprint density at radius 1 is 1.22 bits per heavy atom. The first-order valence-electron chi connectivity index (χ1n) is 9.85. The van der Waals surface area contributed by atoms with Crippen LogP contribution in [-0.4, -0.2) is 20.9 Å². The smallest absolute Gasteiger partial charge is 0.260 e. The van der Waals surface area contributed by atoms with E-state index in [9.17, 15) is 9.59 Å². The van der Waals surface area contributed by atoms with Crippen molar-refractivity contribution < 1.29 is 4.79 Å². The van der Waals surface area contributed by atoms with Crippen molar-refractivity contribution in [1.82, 2.24) is 20.3 Å².